The Morgan fingerprint density at radius 1 is 1.42 bits per heavy atom. The molecular formula is C13H17ClN2OS2. The standard InChI is InChI=1S/C13H17ClN2OS2/c14-12-2-1-10(18)9-11(12)13(17)15-3-4-16-5-7-19-8-6-16/h1-2,9,18H,3-8H2,(H,15,17). The van der Waals surface area contributed by atoms with Gasteiger partial charge >= 0.3 is 0 Å². The van der Waals surface area contributed by atoms with Crippen molar-refractivity contribution < 1.29 is 4.79 Å². The molecule has 104 valence electrons. The van der Waals surface area contributed by atoms with Gasteiger partial charge in [0.05, 0.1) is 10.6 Å². The van der Waals surface area contributed by atoms with E-state index < -0.39 is 0 Å². The third-order valence-corrected chi connectivity index (χ3v) is 4.56. The Kier molecular flexibility index (Phi) is 5.88. The highest BCUT2D eigenvalue weighted by molar-refractivity contribution is 7.99. The van der Waals surface area contributed by atoms with E-state index in [2.05, 4.69) is 22.8 Å². The average molecular weight is 317 g/mol. The number of halogens is 1. The molecule has 2 rings (SSSR count). The van der Waals surface area contributed by atoms with Crippen molar-refractivity contribution >= 4 is 41.9 Å². The predicted octanol–water partition coefficient (Wildman–Crippen LogP) is 2.41. The number of benzene rings is 1. The number of nitrogens with one attached hydrogen (secondary N) is 1. The first-order valence-electron chi connectivity index (χ1n) is 6.23. The summed E-state index contributed by atoms with van der Waals surface area (Å²) in [5.74, 6) is 2.23. The van der Waals surface area contributed by atoms with Gasteiger partial charge in [-0.1, -0.05) is 11.6 Å². The zero-order valence-electron chi connectivity index (χ0n) is 10.6. The summed E-state index contributed by atoms with van der Waals surface area (Å²) in [6.45, 7) is 3.75. The number of thiol groups is 1. The van der Waals surface area contributed by atoms with Crippen molar-refractivity contribution in [3.8, 4) is 0 Å². The van der Waals surface area contributed by atoms with Crippen LogP contribution in [0.1, 0.15) is 10.4 Å². The largest absolute Gasteiger partial charge is 0.351 e. The SMILES string of the molecule is O=C(NCCN1CCSCC1)c1cc(S)ccc1Cl. The van der Waals surface area contributed by atoms with Crippen LogP contribution in [0.2, 0.25) is 5.02 Å². The van der Waals surface area contributed by atoms with E-state index in [1.807, 2.05) is 11.8 Å². The molecule has 1 heterocycles. The number of carbonyl (C=O) groups is 1. The maximum absolute atomic E-state index is 12.0. The number of rotatable bonds is 4. The molecule has 0 aliphatic carbocycles. The summed E-state index contributed by atoms with van der Waals surface area (Å²) >= 11 is 12.2. The second-order valence-electron chi connectivity index (χ2n) is 4.37. The fourth-order valence-corrected chi connectivity index (χ4v) is 3.32. The molecule has 1 fully saturated rings. The van der Waals surface area contributed by atoms with Crippen LogP contribution in [0, 0.1) is 0 Å². The van der Waals surface area contributed by atoms with Gasteiger partial charge in [-0.15, -0.1) is 12.6 Å². The van der Waals surface area contributed by atoms with Crippen LogP contribution in [0.4, 0.5) is 0 Å². The van der Waals surface area contributed by atoms with Crippen LogP contribution in [-0.4, -0.2) is 48.5 Å². The molecule has 1 aliphatic heterocycles. The molecule has 0 aromatic heterocycles. The van der Waals surface area contributed by atoms with Crippen LogP contribution in [0.15, 0.2) is 23.1 Å². The van der Waals surface area contributed by atoms with E-state index in [4.69, 9.17) is 11.6 Å². The smallest absolute Gasteiger partial charge is 0.252 e. The van der Waals surface area contributed by atoms with Crippen LogP contribution < -0.4 is 5.32 Å². The van der Waals surface area contributed by atoms with Gasteiger partial charge in [-0.3, -0.25) is 9.69 Å². The van der Waals surface area contributed by atoms with Crippen molar-refractivity contribution in [2.24, 2.45) is 0 Å². The molecule has 0 spiro atoms. The molecule has 0 bridgehead atoms. The molecule has 1 aromatic rings. The minimum Gasteiger partial charge on any atom is -0.351 e. The third kappa shape index (κ3) is 4.60. The van der Waals surface area contributed by atoms with E-state index in [-0.39, 0.29) is 5.91 Å². The van der Waals surface area contributed by atoms with Gasteiger partial charge in [-0.05, 0) is 18.2 Å². The van der Waals surface area contributed by atoms with Gasteiger partial charge in [0.25, 0.3) is 5.91 Å². The Hall–Kier alpha value is -0.360. The molecule has 3 nitrogen and oxygen atoms in total. The lowest BCUT2D eigenvalue weighted by Crippen LogP contribution is -2.39. The Balaban J connectivity index is 1.82. The fraction of sp³-hybridized carbons (Fsp3) is 0.462. The summed E-state index contributed by atoms with van der Waals surface area (Å²) in [5, 5.41) is 3.37. The van der Waals surface area contributed by atoms with Crippen LogP contribution >= 0.6 is 36.0 Å². The van der Waals surface area contributed by atoms with Gasteiger partial charge in [-0.2, -0.15) is 11.8 Å². The fourth-order valence-electron chi connectivity index (χ4n) is 1.93. The Morgan fingerprint density at radius 2 is 2.16 bits per heavy atom. The van der Waals surface area contributed by atoms with Crippen molar-refractivity contribution in [3.63, 3.8) is 0 Å². The minimum atomic E-state index is -0.132. The van der Waals surface area contributed by atoms with Gasteiger partial charge in [0, 0.05) is 42.6 Å². The van der Waals surface area contributed by atoms with Crippen LogP contribution in [0.5, 0.6) is 0 Å². The molecule has 0 saturated carbocycles. The lowest BCUT2D eigenvalue weighted by atomic mass is 10.2. The van der Waals surface area contributed by atoms with Crippen LogP contribution in [0.3, 0.4) is 0 Å². The Morgan fingerprint density at radius 3 is 2.89 bits per heavy atom. The van der Waals surface area contributed by atoms with E-state index in [9.17, 15) is 4.79 Å². The highest BCUT2D eigenvalue weighted by Gasteiger charge is 2.12. The maximum atomic E-state index is 12.0. The number of hydrogen-bond donors (Lipinski definition) is 2. The number of hydrogen-bond acceptors (Lipinski definition) is 4. The second kappa shape index (κ2) is 7.43. The van der Waals surface area contributed by atoms with Crippen molar-refractivity contribution in [2.45, 2.75) is 4.90 Å². The first-order chi connectivity index (χ1) is 9.16. The minimum absolute atomic E-state index is 0.132. The number of nitrogens with zero attached hydrogens (tertiary/aromatic N) is 1. The first kappa shape index (κ1) is 15.0. The molecule has 1 aromatic carbocycles. The molecule has 0 unspecified atom stereocenters. The lowest BCUT2D eigenvalue weighted by molar-refractivity contribution is 0.0949. The molecule has 0 atom stereocenters. The normalized spacial score (nSPS) is 16.3. The van der Waals surface area contributed by atoms with Gasteiger partial charge in [0.15, 0.2) is 0 Å². The molecule has 6 heteroatoms. The molecule has 1 amide bonds. The highest BCUT2D eigenvalue weighted by atomic mass is 35.5. The molecule has 19 heavy (non-hydrogen) atoms. The number of amides is 1. The number of thioether (sulfide) groups is 1. The topological polar surface area (TPSA) is 32.3 Å². The molecule has 0 radical (unpaired) electrons. The summed E-state index contributed by atoms with van der Waals surface area (Å²) in [7, 11) is 0. The summed E-state index contributed by atoms with van der Waals surface area (Å²) in [5.41, 5.74) is 0.489. The Labute approximate surface area is 128 Å². The van der Waals surface area contributed by atoms with E-state index in [0.29, 0.717) is 17.1 Å². The maximum Gasteiger partial charge on any atom is 0.252 e. The zero-order valence-corrected chi connectivity index (χ0v) is 13.0. The zero-order chi connectivity index (χ0) is 13.7. The van der Waals surface area contributed by atoms with E-state index in [0.717, 1.165) is 24.5 Å². The third-order valence-electron chi connectivity index (χ3n) is 3.01. The quantitative estimate of drug-likeness (QED) is 0.837. The predicted molar refractivity (Wildman–Crippen MR) is 84.8 cm³/mol. The van der Waals surface area contributed by atoms with Crippen LogP contribution in [0.25, 0.3) is 0 Å². The average Bonchev–Trinajstić information content (AvgIpc) is 2.42. The molecule has 1 aliphatic rings. The van der Waals surface area contributed by atoms with Gasteiger partial charge in [0.1, 0.15) is 0 Å². The van der Waals surface area contributed by atoms with Crippen molar-refractivity contribution in [2.75, 3.05) is 37.7 Å². The van der Waals surface area contributed by atoms with Crippen LogP contribution in [-0.2, 0) is 0 Å². The molecule has 1 saturated heterocycles. The molecule has 1 N–H and O–H groups in total. The summed E-state index contributed by atoms with van der Waals surface area (Å²) in [6, 6.07) is 5.16. The second-order valence-corrected chi connectivity index (χ2v) is 6.52. The van der Waals surface area contributed by atoms with Crippen molar-refractivity contribution in [1.82, 2.24) is 10.2 Å². The van der Waals surface area contributed by atoms with Gasteiger partial charge in [-0.25, -0.2) is 0 Å². The summed E-state index contributed by atoms with van der Waals surface area (Å²) < 4.78 is 0. The molecular weight excluding hydrogens is 300 g/mol. The first-order valence-corrected chi connectivity index (χ1v) is 8.21. The number of carbonyl (C=O) groups excluding carboxylic acids is 1. The highest BCUT2D eigenvalue weighted by Crippen LogP contribution is 2.19. The van der Waals surface area contributed by atoms with Gasteiger partial charge < -0.3 is 5.32 Å². The Bertz CT molecular complexity index is 450. The lowest BCUT2D eigenvalue weighted by Gasteiger charge is -2.26. The van der Waals surface area contributed by atoms with Crippen molar-refractivity contribution in [1.29, 1.82) is 0 Å². The summed E-state index contributed by atoms with van der Waals surface area (Å²) in [6.07, 6.45) is 0. The van der Waals surface area contributed by atoms with Gasteiger partial charge in [0.2, 0.25) is 0 Å². The van der Waals surface area contributed by atoms with E-state index in [1.165, 1.54) is 11.5 Å². The van der Waals surface area contributed by atoms with E-state index >= 15 is 0 Å². The summed E-state index contributed by atoms with van der Waals surface area (Å²) in [4.78, 5) is 15.1. The monoisotopic (exact) mass is 316 g/mol. The van der Waals surface area contributed by atoms with E-state index in [1.54, 1.807) is 18.2 Å². The van der Waals surface area contributed by atoms with Crippen molar-refractivity contribution in [3.05, 3.63) is 28.8 Å².